The van der Waals surface area contributed by atoms with Crippen molar-refractivity contribution in [2.75, 3.05) is 0 Å². The zero-order chi connectivity index (χ0) is 24.3. The number of aryl methyl sites for hydroxylation is 2. The minimum absolute atomic E-state index is 0.854. The Balaban J connectivity index is 2.56. The molecule has 0 aliphatic rings. The van der Waals surface area contributed by atoms with Crippen LogP contribution in [0, 0.1) is 23.8 Å². The first-order chi connectivity index (χ1) is 15.9. The molecular weight excluding hydrogens is 396 g/mol. The number of rotatable bonds is 21. The Bertz CT molecular complexity index is 527. The molecule has 0 bridgehead atoms. The van der Waals surface area contributed by atoms with Crippen LogP contribution in [0.1, 0.15) is 155 Å². The van der Waals surface area contributed by atoms with Gasteiger partial charge in [-0.2, -0.15) is 0 Å². The lowest BCUT2D eigenvalue weighted by atomic mass is 9.90. The first-order valence-corrected chi connectivity index (χ1v) is 14.9. The fourth-order valence-corrected chi connectivity index (χ4v) is 5.03. The van der Waals surface area contributed by atoms with E-state index in [9.17, 15) is 0 Å². The van der Waals surface area contributed by atoms with Crippen molar-refractivity contribution >= 4 is 0 Å². The van der Waals surface area contributed by atoms with Gasteiger partial charge < -0.3 is 0 Å². The second kappa shape index (κ2) is 19.5. The summed E-state index contributed by atoms with van der Waals surface area (Å²) in [5.41, 5.74) is 4.89. The van der Waals surface area contributed by atoms with Crippen LogP contribution < -0.4 is 0 Å². The van der Waals surface area contributed by atoms with Crippen molar-refractivity contribution in [3.8, 4) is 0 Å². The molecule has 1 aromatic carbocycles. The minimum Gasteiger partial charge on any atom is -0.0628 e. The summed E-state index contributed by atoms with van der Waals surface area (Å²) in [6.45, 7) is 14.1. The summed E-state index contributed by atoms with van der Waals surface area (Å²) in [7, 11) is 0. The Hall–Kier alpha value is -0.780. The van der Waals surface area contributed by atoms with Gasteiger partial charge in [0.2, 0.25) is 0 Å². The highest BCUT2D eigenvalue weighted by Crippen LogP contribution is 2.23. The highest BCUT2D eigenvalue weighted by molar-refractivity contribution is 5.35. The van der Waals surface area contributed by atoms with E-state index >= 15 is 0 Å². The van der Waals surface area contributed by atoms with Crippen molar-refractivity contribution in [3.05, 3.63) is 34.9 Å². The monoisotopic (exact) mass is 455 g/mol. The molecule has 1 radical (unpaired) electrons. The van der Waals surface area contributed by atoms with Gasteiger partial charge in [-0.15, -0.1) is 0 Å². The van der Waals surface area contributed by atoms with Crippen LogP contribution in [0.2, 0.25) is 0 Å². The van der Waals surface area contributed by atoms with Crippen molar-refractivity contribution in [2.45, 2.75) is 157 Å². The van der Waals surface area contributed by atoms with E-state index in [2.05, 4.69) is 59.7 Å². The number of unbranched alkanes of at least 4 members (excludes halogenated alkanes) is 9. The number of benzene rings is 1. The number of hydrogen-bond donors (Lipinski definition) is 0. The van der Waals surface area contributed by atoms with Crippen LogP contribution in [-0.4, -0.2) is 0 Å². The van der Waals surface area contributed by atoms with Crippen molar-refractivity contribution in [1.29, 1.82) is 0 Å². The Morgan fingerprint density at radius 1 is 0.515 bits per heavy atom. The lowest BCUT2D eigenvalue weighted by Gasteiger charge is -2.16. The highest BCUT2D eigenvalue weighted by atomic mass is 14.1. The molecule has 0 heterocycles. The summed E-state index contributed by atoms with van der Waals surface area (Å²) in [6, 6.07) is 8.30. The molecule has 0 spiro atoms. The maximum Gasteiger partial charge on any atom is -0.0146 e. The third-order valence-corrected chi connectivity index (χ3v) is 7.19. The van der Waals surface area contributed by atoms with Gasteiger partial charge >= 0.3 is 0 Å². The van der Waals surface area contributed by atoms with Gasteiger partial charge in [-0.25, -0.2) is 0 Å². The fourth-order valence-electron chi connectivity index (χ4n) is 5.03. The molecule has 0 amide bonds. The molecule has 0 unspecified atom stereocenters. The van der Waals surface area contributed by atoms with Gasteiger partial charge in [-0.3, -0.25) is 0 Å². The zero-order valence-corrected chi connectivity index (χ0v) is 23.6. The van der Waals surface area contributed by atoms with Gasteiger partial charge in [0.25, 0.3) is 0 Å². The average molecular weight is 456 g/mol. The number of hydrogen-bond acceptors (Lipinski definition) is 0. The molecule has 0 nitrogen and oxygen atoms in total. The summed E-state index contributed by atoms with van der Waals surface area (Å²) in [5.74, 6) is 2.57. The molecule has 0 aromatic heterocycles. The van der Waals surface area contributed by atoms with Crippen LogP contribution in [0.4, 0.5) is 0 Å². The van der Waals surface area contributed by atoms with E-state index < -0.39 is 0 Å². The van der Waals surface area contributed by atoms with Gasteiger partial charge in [0.15, 0.2) is 0 Å². The molecule has 1 rings (SSSR count). The summed E-state index contributed by atoms with van der Waals surface area (Å²) in [4.78, 5) is 0. The minimum atomic E-state index is 0.854. The third-order valence-electron chi connectivity index (χ3n) is 7.19. The van der Waals surface area contributed by atoms with Gasteiger partial charge in [-0.1, -0.05) is 131 Å². The summed E-state index contributed by atoms with van der Waals surface area (Å²) < 4.78 is 0. The van der Waals surface area contributed by atoms with Crippen LogP contribution in [0.25, 0.3) is 0 Å². The van der Waals surface area contributed by atoms with Crippen molar-refractivity contribution in [1.82, 2.24) is 0 Å². The molecule has 0 N–H and O–H groups in total. The normalized spacial score (nSPS) is 11.9. The quantitative estimate of drug-likeness (QED) is 0.162. The molecule has 0 saturated heterocycles. The van der Waals surface area contributed by atoms with Gasteiger partial charge in [0.1, 0.15) is 0 Å². The van der Waals surface area contributed by atoms with E-state index in [4.69, 9.17) is 0 Å². The largest absolute Gasteiger partial charge is 0.0628 e. The molecule has 0 aliphatic heterocycles. The van der Waals surface area contributed by atoms with E-state index in [0.717, 1.165) is 17.8 Å². The highest BCUT2D eigenvalue weighted by Gasteiger charge is 2.09. The second-order valence-corrected chi connectivity index (χ2v) is 12.0. The molecule has 191 valence electrons. The first-order valence-electron chi connectivity index (χ1n) is 14.9. The standard InChI is InChI=1S/C33H59/c1-28(2)20-13-7-10-16-23-31-25-19-26-32(24-17-11-8-14-21-29(3)4)33(31)27-18-12-9-15-22-30(5)6/h19,25,28-30H,7-18,20-24,27H2,1-6H3. The third kappa shape index (κ3) is 16.5. The smallest absolute Gasteiger partial charge is 0.0146 e. The Labute approximate surface area is 209 Å². The molecular formula is C33H59. The topological polar surface area (TPSA) is 0 Å². The van der Waals surface area contributed by atoms with Crippen LogP contribution in [0.15, 0.2) is 12.1 Å². The fraction of sp³-hybridized carbons (Fsp3) is 0.818. The molecule has 1 aromatic rings. The van der Waals surface area contributed by atoms with Crippen LogP contribution in [0.3, 0.4) is 0 Å². The van der Waals surface area contributed by atoms with Crippen molar-refractivity contribution in [3.63, 3.8) is 0 Å². The van der Waals surface area contributed by atoms with Crippen LogP contribution in [-0.2, 0) is 19.3 Å². The van der Waals surface area contributed by atoms with Gasteiger partial charge in [-0.05, 0) is 79.0 Å². The van der Waals surface area contributed by atoms with Crippen molar-refractivity contribution in [2.24, 2.45) is 17.8 Å². The second-order valence-electron chi connectivity index (χ2n) is 12.0. The summed E-state index contributed by atoms with van der Waals surface area (Å²) in [6.07, 6.45) is 24.6. The Morgan fingerprint density at radius 2 is 0.939 bits per heavy atom. The molecule has 0 fully saturated rings. The molecule has 0 atom stereocenters. The SMILES string of the molecule is CC(C)CCCCCCc1[c]ccc(CCCCCCC(C)C)c1CCCCCCC(C)C. The predicted molar refractivity (Wildman–Crippen MR) is 150 cm³/mol. The molecule has 0 aliphatic carbocycles. The Kier molecular flexibility index (Phi) is 17.9. The lowest BCUT2D eigenvalue weighted by molar-refractivity contribution is 0.516. The lowest BCUT2D eigenvalue weighted by Crippen LogP contribution is -2.02. The van der Waals surface area contributed by atoms with E-state index in [1.54, 1.807) is 16.7 Å². The molecule has 33 heavy (non-hydrogen) atoms. The zero-order valence-electron chi connectivity index (χ0n) is 23.6. The van der Waals surface area contributed by atoms with E-state index in [1.807, 2.05) is 0 Å². The average Bonchev–Trinajstić information content (AvgIpc) is 2.75. The molecule has 0 heteroatoms. The first kappa shape index (κ1) is 30.3. The van der Waals surface area contributed by atoms with Crippen LogP contribution >= 0.6 is 0 Å². The van der Waals surface area contributed by atoms with Gasteiger partial charge in [0.05, 0.1) is 0 Å². The van der Waals surface area contributed by atoms with E-state index in [0.29, 0.717) is 0 Å². The van der Waals surface area contributed by atoms with Crippen LogP contribution in [0.5, 0.6) is 0 Å². The maximum atomic E-state index is 3.68. The van der Waals surface area contributed by atoms with E-state index in [1.165, 1.54) is 116 Å². The molecule has 0 saturated carbocycles. The van der Waals surface area contributed by atoms with Gasteiger partial charge in [0, 0.05) is 0 Å². The van der Waals surface area contributed by atoms with Crippen molar-refractivity contribution < 1.29 is 0 Å². The maximum absolute atomic E-state index is 3.68. The Morgan fingerprint density at radius 3 is 1.42 bits per heavy atom. The van der Waals surface area contributed by atoms with E-state index in [-0.39, 0.29) is 0 Å². The summed E-state index contributed by atoms with van der Waals surface area (Å²) in [5, 5.41) is 0. The predicted octanol–water partition coefficient (Wildman–Crippen LogP) is 10.9. The summed E-state index contributed by atoms with van der Waals surface area (Å²) >= 11 is 0.